The molecule has 0 saturated carbocycles. The van der Waals surface area contributed by atoms with Crippen molar-refractivity contribution in [1.82, 2.24) is 24.5 Å². The van der Waals surface area contributed by atoms with Crippen LogP contribution in [0.1, 0.15) is 12.6 Å². The number of piperazine rings is 1. The molecule has 1 fully saturated rings. The van der Waals surface area contributed by atoms with Crippen molar-refractivity contribution in [2.75, 3.05) is 31.1 Å². The molecule has 1 aliphatic rings. The molecule has 3 heterocycles. The summed E-state index contributed by atoms with van der Waals surface area (Å²) in [5.41, 5.74) is 6.69. The molecular formula is C13H19N7S. The number of hydrogen-bond donors (Lipinski definition) is 1. The lowest BCUT2D eigenvalue weighted by Gasteiger charge is -2.38. The number of thiocarbonyl (C=S) groups is 1. The first-order valence-corrected chi connectivity index (χ1v) is 7.43. The zero-order chi connectivity index (χ0) is 15.0. The van der Waals surface area contributed by atoms with Gasteiger partial charge in [0.1, 0.15) is 12.1 Å². The molecule has 8 heteroatoms. The summed E-state index contributed by atoms with van der Waals surface area (Å²) in [6.07, 6.45) is 1.54. The Balaban J connectivity index is 1.80. The molecule has 3 rings (SSSR count). The summed E-state index contributed by atoms with van der Waals surface area (Å²) in [6, 6.07) is 2.20. The fraction of sp³-hybridized carbons (Fsp3) is 0.538. The van der Waals surface area contributed by atoms with Crippen LogP contribution in [-0.2, 0) is 0 Å². The Morgan fingerprint density at radius 3 is 2.71 bits per heavy atom. The standard InChI is InChI=1S/C13H19N7S/c1-9-7-11(20-13(17-9)15-8-16-20)19-5-3-18(4-6-19)10(2)12(14)21/h7-8,10H,3-6H2,1-2H3,(H2,14,21). The van der Waals surface area contributed by atoms with E-state index in [0.29, 0.717) is 10.8 Å². The molecule has 1 atom stereocenters. The van der Waals surface area contributed by atoms with Gasteiger partial charge in [0.2, 0.25) is 0 Å². The molecule has 0 bridgehead atoms. The van der Waals surface area contributed by atoms with E-state index in [1.54, 1.807) is 4.52 Å². The van der Waals surface area contributed by atoms with Gasteiger partial charge in [-0.05, 0) is 13.8 Å². The van der Waals surface area contributed by atoms with E-state index in [1.807, 2.05) is 13.0 Å². The topological polar surface area (TPSA) is 75.6 Å². The second-order valence-corrected chi connectivity index (χ2v) is 5.80. The molecule has 7 nitrogen and oxygen atoms in total. The first kappa shape index (κ1) is 14.2. The average Bonchev–Trinajstić information content (AvgIpc) is 2.93. The molecule has 0 radical (unpaired) electrons. The van der Waals surface area contributed by atoms with Gasteiger partial charge in [-0.1, -0.05) is 12.2 Å². The van der Waals surface area contributed by atoms with Gasteiger partial charge in [-0.2, -0.15) is 14.6 Å². The number of aromatic nitrogens is 4. The van der Waals surface area contributed by atoms with Crippen LogP contribution in [0.3, 0.4) is 0 Å². The van der Waals surface area contributed by atoms with Crippen LogP contribution in [0.15, 0.2) is 12.4 Å². The minimum absolute atomic E-state index is 0.146. The Morgan fingerprint density at radius 2 is 2.05 bits per heavy atom. The largest absolute Gasteiger partial charge is 0.392 e. The summed E-state index contributed by atoms with van der Waals surface area (Å²) in [4.78, 5) is 13.7. The Kier molecular flexibility index (Phi) is 3.73. The molecular weight excluding hydrogens is 286 g/mol. The summed E-state index contributed by atoms with van der Waals surface area (Å²) in [7, 11) is 0. The fourth-order valence-corrected chi connectivity index (χ4v) is 2.80. The summed E-state index contributed by atoms with van der Waals surface area (Å²) < 4.78 is 1.79. The van der Waals surface area contributed by atoms with Gasteiger partial charge in [0.05, 0.1) is 11.0 Å². The van der Waals surface area contributed by atoms with Gasteiger partial charge >= 0.3 is 0 Å². The molecule has 0 spiro atoms. The number of nitrogens with two attached hydrogens (primary N) is 1. The van der Waals surface area contributed by atoms with Crippen molar-refractivity contribution < 1.29 is 0 Å². The number of aryl methyl sites for hydroxylation is 1. The molecule has 1 saturated heterocycles. The zero-order valence-corrected chi connectivity index (χ0v) is 13.0. The van der Waals surface area contributed by atoms with Gasteiger partial charge in [0.15, 0.2) is 0 Å². The van der Waals surface area contributed by atoms with Crippen LogP contribution in [0, 0.1) is 6.92 Å². The van der Waals surface area contributed by atoms with E-state index < -0.39 is 0 Å². The molecule has 0 amide bonds. The van der Waals surface area contributed by atoms with Crippen molar-refractivity contribution >= 4 is 28.8 Å². The van der Waals surface area contributed by atoms with Crippen molar-refractivity contribution in [1.29, 1.82) is 0 Å². The number of hydrogen-bond acceptors (Lipinski definition) is 6. The predicted octanol–water partition coefficient (Wildman–Crippen LogP) is 0.229. The minimum Gasteiger partial charge on any atom is -0.392 e. The molecule has 2 aromatic heterocycles. The van der Waals surface area contributed by atoms with Crippen molar-refractivity contribution in [3.8, 4) is 0 Å². The van der Waals surface area contributed by atoms with Crippen LogP contribution in [0.4, 0.5) is 5.82 Å². The van der Waals surface area contributed by atoms with Crippen LogP contribution in [0.5, 0.6) is 0 Å². The maximum atomic E-state index is 5.74. The third-order valence-corrected chi connectivity index (χ3v) is 4.30. The molecule has 0 aliphatic carbocycles. The molecule has 0 aromatic carbocycles. The summed E-state index contributed by atoms with van der Waals surface area (Å²) >= 11 is 5.08. The first-order chi connectivity index (χ1) is 10.1. The van der Waals surface area contributed by atoms with Crippen LogP contribution in [-0.4, -0.2) is 61.7 Å². The molecule has 2 aromatic rings. The lowest BCUT2D eigenvalue weighted by atomic mass is 10.2. The lowest BCUT2D eigenvalue weighted by Crippen LogP contribution is -2.53. The van der Waals surface area contributed by atoms with Crippen LogP contribution in [0.2, 0.25) is 0 Å². The highest BCUT2D eigenvalue weighted by molar-refractivity contribution is 7.80. The van der Waals surface area contributed by atoms with Crippen LogP contribution in [0.25, 0.3) is 5.78 Å². The SMILES string of the molecule is Cc1cc(N2CCN(C(C)C(N)=S)CC2)n2ncnc2n1. The van der Waals surface area contributed by atoms with E-state index in [2.05, 4.69) is 31.8 Å². The number of rotatable bonds is 3. The van der Waals surface area contributed by atoms with Gasteiger partial charge in [-0.15, -0.1) is 0 Å². The van der Waals surface area contributed by atoms with Gasteiger partial charge in [-0.25, -0.2) is 4.98 Å². The number of anilines is 1. The highest BCUT2D eigenvalue weighted by atomic mass is 32.1. The van der Waals surface area contributed by atoms with E-state index in [4.69, 9.17) is 18.0 Å². The second-order valence-electron chi connectivity index (χ2n) is 5.33. The van der Waals surface area contributed by atoms with Crippen molar-refractivity contribution in [3.63, 3.8) is 0 Å². The van der Waals surface area contributed by atoms with E-state index in [1.165, 1.54) is 6.33 Å². The Labute approximate surface area is 128 Å². The first-order valence-electron chi connectivity index (χ1n) is 7.02. The average molecular weight is 305 g/mol. The second kappa shape index (κ2) is 5.53. The van der Waals surface area contributed by atoms with E-state index >= 15 is 0 Å². The smallest absolute Gasteiger partial charge is 0.254 e. The van der Waals surface area contributed by atoms with Gasteiger partial charge in [0, 0.05) is 37.9 Å². The summed E-state index contributed by atoms with van der Waals surface area (Å²) in [6.45, 7) is 7.70. The molecule has 2 N–H and O–H groups in total. The quantitative estimate of drug-likeness (QED) is 0.814. The van der Waals surface area contributed by atoms with Gasteiger partial charge in [0.25, 0.3) is 5.78 Å². The Morgan fingerprint density at radius 1 is 1.33 bits per heavy atom. The van der Waals surface area contributed by atoms with Gasteiger partial charge in [-0.3, -0.25) is 4.90 Å². The van der Waals surface area contributed by atoms with E-state index in [-0.39, 0.29) is 6.04 Å². The lowest BCUT2D eigenvalue weighted by molar-refractivity contribution is 0.238. The van der Waals surface area contributed by atoms with E-state index in [9.17, 15) is 0 Å². The molecule has 21 heavy (non-hydrogen) atoms. The monoisotopic (exact) mass is 305 g/mol. The maximum Gasteiger partial charge on any atom is 0.254 e. The minimum atomic E-state index is 0.146. The third-order valence-electron chi connectivity index (χ3n) is 3.96. The highest BCUT2D eigenvalue weighted by Crippen LogP contribution is 2.18. The third kappa shape index (κ3) is 2.68. The fourth-order valence-electron chi connectivity index (χ4n) is 2.65. The van der Waals surface area contributed by atoms with Gasteiger partial charge < -0.3 is 10.6 Å². The molecule has 1 aliphatic heterocycles. The Bertz CT molecular complexity index is 660. The van der Waals surface area contributed by atoms with E-state index in [0.717, 1.165) is 37.7 Å². The van der Waals surface area contributed by atoms with Crippen molar-refractivity contribution in [2.45, 2.75) is 19.9 Å². The summed E-state index contributed by atoms with van der Waals surface area (Å²) in [5, 5.41) is 4.26. The van der Waals surface area contributed by atoms with Crippen LogP contribution >= 0.6 is 12.2 Å². The summed E-state index contributed by atoms with van der Waals surface area (Å²) in [5.74, 6) is 1.68. The zero-order valence-electron chi connectivity index (χ0n) is 12.2. The van der Waals surface area contributed by atoms with Crippen molar-refractivity contribution in [2.24, 2.45) is 5.73 Å². The maximum absolute atomic E-state index is 5.74. The number of nitrogens with zero attached hydrogens (tertiary/aromatic N) is 6. The highest BCUT2D eigenvalue weighted by Gasteiger charge is 2.24. The van der Waals surface area contributed by atoms with Crippen LogP contribution < -0.4 is 10.6 Å². The molecule has 112 valence electrons. The molecule has 1 unspecified atom stereocenters. The van der Waals surface area contributed by atoms with Crippen molar-refractivity contribution in [3.05, 3.63) is 18.1 Å². The Hall–Kier alpha value is -1.80. The number of fused-ring (bicyclic) bond motifs is 1. The predicted molar refractivity (Wildman–Crippen MR) is 85.6 cm³/mol. The normalized spacial score (nSPS) is 18.1.